The highest BCUT2D eigenvalue weighted by atomic mass is 16.7. The van der Waals surface area contributed by atoms with Gasteiger partial charge in [0.2, 0.25) is 0 Å². The summed E-state index contributed by atoms with van der Waals surface area (Å²) in [5, 5.41) is 1.03. The molecule has 0 spiro atoms. The van der Waals surface area contributed by atoms with Crippen LogP contribution in [0.5, 0.6) is 0 Å². The van der Waals surface area contributed by atoms with Crippen molar-refractivity contribution >= 4 is 12.1 Å². The van der Waals surface area contributed by atoms with Crippen LogP contribution in [0.1, 0.15) is 13.3 Å². The lowest BCUT2D eigenvalue weighted by Gasteiger charge is -2.14. The van der Waals surface area contributed by atoms with Crippen LogP contribution in [-0.2, 0) is 19.1 Å². The molecule has 6 nitrogen and oxygen atoms in total. The highest BCUT2D eigenvalue weighted by Crippen LogP contribution is 2.15. The van der Waals surface area contributed by atoms with Crippen LogP contribution in [0.3, 0.4) is 0 Å². The Balaban J connectivity index is 2.41. The summed E-state index contributed by atoms with van der Waals surface area (Å²) in [5.41, 5.74) is 0. The largest absolute Gasteiger partial charge is 0.467 e. The third-order valence-corrected chi connectivity index (χ3v) is 1.78. The molecule has 6 heteroatoms. The zero-order valence-corrected chi connectivity index (χ0v) is 8.19. The molecular formula is C8H13NO5. The summed E-state index contributed by atoms with van der Waals surface area (Å²) in [4.78, 5) is 27.2. The van der Waals surface area contributed by atoms with E-state index in [1.165, 1.54) is 7.11 Å². The maximum Gasteiger partial charge on any atom is 0.433 e. The van der Waals surface area contributed by atoms with Gasteiger partial charge in [0.05, 0.1) is 20.3 Å². The van der Waals surface area contributed by atoms with Crippen LogP contribution in [0.25, 0.3) is 0 Å². The topological polar surface area (TPSA) is 65.1 Å². The van der Waals surface area contributed by atoms with E-state index >= 15 is 0 Å². The Morgan fingerprint density at radius 3 is 2.86 bits per heavy atom. The predicted octanol–water partition coefficient (Wildman–Crippen LogP) is 0.322. The first-order valence-electron chi connectivity index (χ1n) is 4.38. The molecule has 14 heavy (non-hydrogen) atoms. The van der Waals surface area contributed by atoms with Crippen LogP contribution in [0, 0.1) is 0 Å². The van der Waals surface area contributed by atoms with Gasteiger partial charge in [-0.2, -0.15) is 5.06 Å². The van der Waals surface area contributed by atoms with Crippen LogP contribution in [0.4, 0.5) is 4.79 Å². The number of hydroxylamine groups is 2. The van der Waals surface area contributed by atoms with E-state index in [0.29, 0.717) is 13.0 Å². The van der Waals surface area contributed by atoms with Crippen molar-refractivity contribution in [1.82, 2.24) is 5.06 Å². The van der Waals surface area contributed by atoms with Crippen molar-refractivity contribution in [3.8, 4) is 0 Å². The molecule has 1 saturated heterocycles. The first-order valence-corrected chi connectivity index (χ1v) is 4.38. The Morgan fingerprint density at radius 2 is 2.29 bits per heavy atom. The van der Waals surface area contributed by atoms with E-state index in [2.05, 4.69) is 4.74 Å². The van der Waals surface area contributed by atoms with E-state index < -0.39 is 18.2 Å². The van der Waals surface area contributed by atoms with Gasteiger partial charge in [0.15, 0.2) is 6.10 Å². The molecular weight excluding hydrogens is 190 g/mol. The van der Waals surface area contributed by atoms with Crippen LogP contribution in [0.2, 0.25) is 0 Å². The first kappa shape index (κ1) is 10.8. The molecule has 0 radical (unpaired) electrons. The number of carbonyl (C=O) groups excluding carboxylic acids is 2. The lowest BCUT2D eigenvalue weighted by atomic mass is 10.3. The van der Waals surface area contributed by atoms with E-state index in [-0.39, 0.29) is 6.61 Å². The zero-order valence-electron chi connectivity index (χ0n) is 8.19. The molecule has 0 saturated carbocycles. The van der Waals surface area contributed by atoms with Crippen molar-refractivity contribution in [2.24, 2.45) is 0 Å². The predicted molar refractivity (Wildman–Crippen MR) is 45.2 cm³/mol. The van der Waals surface area contributed by atoms with Gasteiger partial charge in [-0.25, -0.2) is 9.59 Å². The van der Waals surface area contributed by atoms with Crippen LogP contribution < -0.4 is 0 Å². The Morgan fingerprint density at radius 1 is 1.57 bits per heavy atom. The van der Waals surface area contributed by atoms with Gasteiger partial charge in [-0.3, -0.25) is 4.84 Å². The molecule has 0 bridgehead atoms. The third-order valence-electron chi connectivity index (χ3n) is 1.78. The second kappa shape index (κ2) is 4.80. The molecule has 1 atom stereocenters. The van der Waals surface area contributed by atoms with E-state index in [4.69, 9.17) is 9.57 Å². The second-order valence-electron chi connectivity index (χ2n) is 2.71. The molecule has 1 aliphatic heterocycles. The second-order valence-corrected chi connectivity index (χ2v) is 2.71. The third kappa shape index (κ3) is 2.35. The van der Waals surface area contributed by atoms with Gasteiger partial charge in [-0.05, 0) is 6.92 Å². The monoisotopic (exact) mass is 203 g/mol. The van der Waals surface area contributed by atoms with Crippen molar-refractivity contribution in [2.75, 3.05) is 20.3 Å². The zero-order chi connectivity index (χ0) is 10.6. The maximum absolute atomic E-state index is 11.1. The molecule has 1 aliphatic rings. The first-order chi connectivity index (χ1) is 6.69. The summed E-state index contributed by atoms with van der Waals surface area (Å²) in [6.07, 6.45) is -0.825. The molecule has 1 heterocycles. The van der Waals surface area contributed by atoms with Gasteiger partial charge >= 0.3 is 12.1 Å². The molecule has 0 aromatic rings. The van der Waals surface area contributed by atoms with Crippen LogP contribution >= 0.6 is 0 Å². The Labute approximate surface area is 81.7 Å². The molecule has 1 unspecified atom stereocenters. The van der Waals surface area contributed by atoms with Gasteiger partial charge in [-0.15, -0.1) is 0 Å². The summed E-state index contributed by atoms with van der Waals surface area (Å²) in [6.45, 7) is 2.33. The minimum atomic E-state index is -0.690. The van der Waals surface area contributed by atoms with Crippen molar-refractivity contribution in [2.45, 2.75) is 19.4 Å². The fourth-order valence-electron chi connectivity index (χ4n) is 1.12. The van der Waals surface area contributed by atoms with Crippen molar-refractivity contribution in [3.63, 3.8) is 0 Å². The van der Waals surface area contributed by atoms with E-state index in [1.807, 2.05) is 0 Å². The number of ether oxygens (including phenoxy) is 2. The number of rotatable bonds is 2. The molecule has 0 aliphatic carbocycles. The van der Waals surface area contributed by atoms with E-state index in [0.717, 1.165) is 5.06 Å². The van der Waals surface area contributed by atoms with Crippen molar-refractivity contribution < 1.29 is 23.9 Å². The molecule has 80 valence electrons. The standard InChI is InChI=1S/C8H13NO5/c1-3-13-8(11)9-5-4-6(14-9)7(10)12-2/h6H,3-5H2,1-2H3. The van der Waals surface area contributed by atoms with Crippen molar-refractivity contribution in [1.29, 1.82) is 0 Å². The fraction of sp³-hybridized carbons (Fsp3) is 0.750. The summed E-state index contributed by atoms with van der Waals surface area (Å²) in [7, 11) is 1.28. The van der Waals surface area contributed by atoms with Gasteiger partial charge in [0.25, 0.3) is 0 Å². The van der Waals surface area contributed by atoms with E-state index in [9.17, 15) is 9.59 Å². The van der Waals surface area contributed by atoms with Crippen molar-refractivity contribution in [3.05, 3.63) is 0 Å². The summed E-state index contributed by atoms with van der Waals surface area (Å²) >= 11 is 0. The Bertz CT molecular complexity index is 230. The number of hydrogen-bond donors (Lipinski definition) is 0. The number of esters is 1. The quantitative estimate of drug-likeness (QED) is 0.605. The molecule has 0 aromatic carbocycles. The molecule has 1 amide bonds. The number of carbonyl (C=O) groups is 2. The van der Waals surface area contributed by atoms with E-state index in [1.54, 1.807) is 6.92 Å². The van der Waals surface area contributed by atoms with Gasteiger partial charge in [0, 0.05) is 6.42 Å². The normalized spacial score (nSPS) is 20.7. The average molecular weight is 203 g/mol. The highest BCUT2D eigenvalue weighted by Gasteiger charge is 2.33. The number of methoxy groups -OCH3 is 1. The Hall–Kier alpha value is -1.30. The maximum atomic E-state index is 11.1. The molecule has 0 N–H and O–H groups in total. The molecule has 0 aromatic heterocycles. The molecule has 1 fully saturated rings. The minimum absolute atomic E-state index is 0.279. The summed E-state index contributed by atoms with van der Waals surface area (Å²) in [5.74, 6) is -0.475. The van der Waals surface area contributed by atoms with Crippen LogP contribution in [-0.4, -0.2) is 43.5 Å². The number of amides is 1. The van der Waals surface area contributed by atoms with Gasteiger partial charge in [-0.1, -0.05) is 0 Å². The lowest BCUT2D eigenvalue weighted by Crippen LogP contribution is -2.30. The van der Waals surface area contributed by atoms with Gasteiger partial charge in [0.1, 0.15) is 0 Å². The summed E-state index contributed by atoms with van der Waals surface area (Å²) < 4.78 is 9.18. The summed E-state index contributed by atoms with van der Waals surface area (Å²) in [6, 6.07) is 0. The number of nitrogens with zero attached hydrogens (tertiary/aromatic N) is 1. The van der Waals surface area contributed by atoms with Gasteiger partial charge < -0.3 is 9.47 Å². The average Bonchev–Trinajstić information content (AvgIpc) is 2.66. The SMILES string of the molecule is CCOC(=O)N1CCC(C(=O)OC)O1. The minimum Gasteiger partial charge on any atom is -0.467 e. The number of hydrogen-bond acceptors (Lipinski definition) is 5. The lowest BCUT2D eigenvalue weighted by molar-refractivity contribution is -0.172. The highest BCUT2D eigenvalue weighted by molar-refractivity contribution is 5.75. The Kier molecular flexibility index (Phi) is 3.70. The fourth-order valence-corrected chi connectivity index (χ4v) is 1.12. The molecule has 1 rings (SSSR count). The smallest absolute Gasteiger partial charge is 0.433 e. The van der Waals surface area contributed by atoms with Crippen LogP contribution in [0.15, 0.2) is 0 Å².